The van der Waals surface area contributed by atoms with Crippen LogP contribution in [0.1, 0.15) is 16.7 Å². The zero-order valence-corrected chi connectivity index (χ0v) is 22.8. The molecule has 0 aromatic heterocycles. The molecule has 14 heteroatoms. The minimum atomic E-state index is -4.82. The average Bonchev–Trinajstić information content (AvgIpc) is 2.87. The highest BCUT2D eigenvalue weighted by atomic mass is 35.5. The van der Waals surface area contributed by atoms with Crippen molar-refractivity contribution in [1.82, 2.24) is 5.43 Å². The Balaban J connectivity index is 1.55. The molecule has 0 bridgehead atoms. The Labute approximate surface area is 233 Å². The maximum absolute atomic E-state index is 13.2. The number of hydrogen-bond donors (Lipinski definition) is 2. The molecule has 0 heterocycles. The van der Waals surface area contributed by atoms with E-state index >= 15 is 0 Å². The van der Waals surface area contributed by atoms with Crippen molar-refractivity contribution >= 4 is 51.0 Å². The fraction of sp³-hybridized carbons (Fsp3) is 0.192. The van der Waals surface area contributed by atoms with E-state index in [1.165, 1.54) is 6.21 Å². The number of nitrogens with one attached hydrogen (secondary N) is 2. The molecular weight excluding hydrogens is 573 g/mol. The Bertz CT molecular complexity index is 1500. The van der Waals surface area contributed by atoms with E-state index in [4.69, 9.17) is 16.3 Å². The lowest BCUT2D eigenvalue weighted by molar-refractivity contribution is -0.137. The summed E-state index contributed by atoms with van der Waals surface area (Å²) in [6.45, 7) is 0.893. The normalized spacial score (nSPS) is 11.8. The molecule has 2 amide bonds. The van der Waals surface area contributed by atoms with Crippen LogP contribution in [0.5, 0.6) is 5.75 Å². The standard InChI is InChI=1S/C26H24ClF3N4O5S/c1-17-3-7-19(8-4-17)32-25(36)16-39-21-10-5-18(6-11-21)14-31-33-24(35)15-34(40(2,37)38)20-9-12-23(27)22(13-20)26(28,29)30/h3-14H,15-16H2,1-2H3,(H,32,36)(H,33,35)/b31-14-. The zero-order chi connectivity index (χ0) is 29.5. The summed E-state index contributed by atoms with van der Waals surface area (Å²) in [7, 11) is -4.13. The summed E-state index contributed by atoms with van der Waals surface area (Å²) < 4.78 is 69.9. The second-order valence-corrected chi connectivity index (χ2v) is 10.8. The highest BCUT2D eigenvalue weighted by molar-refractivity contribution is 7.92. The van der Waals surface area contributed by atoms with Gasteiger partial charge in [-0.05, 0) is 67.1 Å². The average molecular weight is 597 g/mol. The highest BCUT2D eigenvalue weighted by Gasteiger charge is 2.34. The van der Waals surface area contributed by atoms with Gasteiger partial charge in [0.1, 0.15) is 12.3 Å². The molecule has 0 unspecified atom stereocenters. The first-order valence-electron chi connectivity index (χ1n) is 11.5. The van der Waals surface area contributed by atoms with Gasteiger partial charge in [0.15, 0.2) is 6.61 Å². The second kappa shape index (κ2) is 12.8. The van der Waals surface area contributed by atoms with E-state index in [2.05, 4.69) is 15.8 Å². The van der Waals surface area contributed by atoms with Gasteiger partial charge >= 0.3 is 6.18 Å². The summed E-state index contributed by atoms with van der Waals surface area (Å²) in [5.41, 5.74) is 2.75. The maximum Gasteiger partial charge on any atom is 0.417 e. The number of aryl methyl sites for hydroxylation is 1. The summed E-state index contributed by atoms with van der Waals surface area (Å²) in [5, 5.41) is 5.85. The number of anilines is 2. The number of carbonyl (C=O) groups excluding carboxylic acids is 2. The van der Waals surface area contributed by atoms with Crippen molar-refractivity contribution in [2.45, 2.75) is 13.1 Å². The molecule has 0 radical (unpaired) electrons. The van der Waals surface area contributed by atoms with Gasteiger partial charge in [-0.1, -0.05) is 29.3 Å². The molecule has 0 atom stereocenters. The number of alkyl halides is 3. The number of amides is 2. The van der Waals surface area contributed by atoms with Crippen LogP contribution in [0.25, 0.3) is 0 Å². The van der Waals surface area contributed by atoms with Crippen LogP contribution in [0, 0.1) is 6.92 Å². The van der Waals surface area contributed by atoms with Crippen LogP contribution in [-0.4, -0.2) is 45.9 Å². The highest BCUT2D eigenvalue weighted by Crippen LogP contribution is 2.37. The van der Waals surface area contributed by atoms with Gasteiger partial charge in [0.2, 0.25) is 10.0 Å². The Kier molecular flexibility index (Phi) is 9.77. The lowest BCUT2D eigenvalue weighted by Gasteiger charge is -2.22. The van der Waals surface area contributed by atoms with Crippen molar-refractivity contribution in [2.24, 2.45) is 5.10 Å². The van der Waals surface area contributed by atoms with E-state index in [1.807, 2.05) is 19.1 Å². The number of carbonyl (C=O) groups is 2. The number of nitrogens with zero attached hydrogens (tertiary/aromatic N) is 2. The number of hydrogen-bond acceptors (Lipinski definition) is 6. The third-order valence-corrected chi connectivity index (χ3v) is 6.69. The van der Waals surface area contributed by atoms with Gasteiger partial charge in [-0.3, -0.25) is 13.9 Å². The third-order valence-electron chi connectivity index (χ3n) is 5.22. The third kappa shape index (κ3) is 8.99. The largest absolute Gasteiger partial charge is 0.484 e. The number of halogens is 4. The molecule has 3 aromatic rings. The van der Waals surface area contributed by atoms with Crippen LogP contribution in [0.3, 0.4) is 0 Å². The van der Waals surface area contributed by atoms with E-state index in [1.54, 1.807) is 36.4 Å². The molecule has 0 aliphatic heterocycles. The number of ether oxygens (including phenoxy) is 1. The van der Waals surface area contributed by atoms with E-state index in [-0.39, 0.29) is 18.2 Å². The minimum Gasteiger partial charge on any atom is -0.484 e. The minimum absolute atomic E-state index is 0.216. The fourth-order valence-electron chi connectivity index (χ4n) is 3.26. The first-order valence-corrected chi connectivity index (χ1v) is 13.7. The smallest absolute Gasteiger partial charge is 0.417 e. The van der Waals surface area contributed by atoms with Gasteiger partial charge in [-0.15, -0.1) is 0 Å². The zero-order valence-electron chi connectivity index (χ0n) is 21.2. The summed E-state index contributed by atoms with van der Waals surface area (Å²) in [5.74, 6) is -0.830. The summed E-state index contributed by atoms with van der Waals surface area (Å²) in [6, 6.07) is 16.1. The van der Waals surface area contributed by atoms with Gasteiger partial charge < -0.3 is 10.1 Å². The van der Waals surface area contributed by atoms with Crippen molar-refractivity contribution in [3.05, 3.63) is 88.4 Å². The van der Waals surface area contributed by atoms with Crippen LogP contribution in [-0.2, 0) is 25.8 Å². The van der Waals surface area contributed by atoms with E-state index in [9.17, 15) is 31.2 Å². The molecule has 3 rings (SSSR count). The molecule has 2 N–H and O–H groups in total. The van der Waals surface area contributed by atoms with Crippen molar-refractivity contribution in [3.8, 4) is 5.75 Å². The molecule has 0 saturated heterocycles. The lowest BCUT2D eigenvalue weighted by Crippen LogP contribution is -2.39. The van der Waals surface area contributed by atoms with Crippen LogP contribution in [0.15, 0.2) is 71.8 Å². The molecule has 0 aliphatic rings. The molecule has 0 aliphatic carbocycles. The maximum atomic E-state index is 13.2. The van der Waals surface area contributed by atoms with Crippen LogP contribution >= 0.6 is 11.6 Å². The van der Waals surface area contributed by atoms with Crippen molar-refractivity contribution in [2.75, 3.05) is 29.0 Å². The summed E-state index contributed by atoms with van der Waals surface area (Å²) >= 11 is 5.60. The number of hydrazone groups is 1. The van der Waals surface area contributed by atoms with Gasteiger partial charge in [0, 0.05) is 5.69 Å². The molecule has 0 saturated carbocycles. The predicted octanol–water partition coefficient (Wildman–Crippen LogP) is 4.60. The van der Waals surface area contributed by atoms with Crippen molar-refractivity contribution in [1.29, 1.82) is 0 Å². The van der Waals surface area contributed by atoms with Gasteiger partial charge in [-0.2, -0.15) is 18.3 Å². The Morgan fingerprint density at radius 3 is 2.27 bits per heavy atom. The summed E-state index contributed by atoms with van der Waals surface area (Å²) in [4.78, 5) is 24.4. The van der Waals surface area contributed by atoms with Crippen LogP contribution in [0.4, 0.5) is 24.5 Å². The van der Waals surface area contributed by atoms with Crippen LogP contribution < -0.4 is 19.8 Å². The number of sulfonamides is 1. The molecule has 0 fully saturated rings. The molecular formula is C26H24ClF3N4O5S. The van der Waals surface area contributed by atoms with E-state index in [0.717, 1.165) is 24.0 Å². The molecule has 3 aromatic carbocycles. The monoisotopic (exact) mass is 596 g/mol. The first-order chi connectivity index (χ1) is 18.7. The number of rotatable bonds is 10. The van der Waals surface area contributed by atoms with Gasteiger partial charge in [0.25, 0.3) is 11.8 Å². The first kappa shape index (κ1) is 30.4. The van der Waals surface area contributed by atoms with E-state index in [0.29, 0.717) is 27.4 Å². The molecule has 40 heavy (non-hydrogen) atoms. The van der Waals surface area contributed by atoms with Crippen molar-refractivity contribution < 1.29 is 35.9 Å². The van der Waals surface area contributed by atoms with Gasteiger partial charge in [-0.25, -0.2) is 13.8 Å². The fourth-order valence-corrected chi connectivity index (χ4v) is 4.34. The number of benzene rings is 3. The molecule has 9 nitrogen and oxygen atoms in total. The lowest BCUT2D eigenvalue weighted by atomic mass is 10.2. The molecule has 0 spiro atoms. The topological polar surface area (TPSA) is 117 Å². The van der Waals surface area contributed by atoms with Gasteiger partial charge in [0.05, 0.1) is 28.7 Å². The predicted molar refractivity (Wildman–Crippen MR) is 146 cm³/mol. The van der Waals surface area contributed by atoms with E-state index < -0.39 is 39.2 Å². The van der Waals surface area contributed by atoms with Crippen LogP contribution in [0.2, 0.25) is 5.02 Å². The SMILES string of the molecule is Cc1ccc(NC(=O)COc2ccc(/C=N\NC(=O)CN(c3ccc(Cl)c(C(F)(F)F)c3)S(C)(=O)=O)cc2)cc1. The quantitative estimate of drug-likeness (QED) is 0.262. The van der Waals surface area contributed by atoms with Crippen molar-refractivity contribution in [3.63, 3.8) is 0 Å². The Morgan fingerprint density at radius 1 is 1.02 bits per heavy atom. The molecule has 212 valence electrons. The summed E-state index contributed by atoms with van der Waals surface area (Å²) in [6.07, 6.45) is -2.81. The Hall–Kier alpha value is -4.10. The Morgan fingerprint density at radius 2 is 1.68 bits per heavy atom. The second-order valence-electron chi connectivity index (χ2n) is 8.50.